The van der Waals surface area contributed by atoms with Gasteiger partial charge in [-0.15, -0.1) is 0 Å². The second-order valence-corrected chi connectivity index (χ2v) is 3.44. The van der Waals surface area contributed by atoms with Gasteiger partial charge in [0.25, 0.3) is 5.91 Å². The first-order chi connectivity index (χ1) is 8.67. The van der Waals surface area contributed by atoms with Crippen LogP contribution in [0.5, 0.6) is 0 Å². The second-order valence-electron chi connectivity index (χ2n) is 3.44. The summed E-state index contributed by atoms with van der Waals surface area (Å²) in [7, 11) is 1.51. The smallest absolute Gasteiger partial charge is 0.251 e. The highest BCUT2D eigenvalue weighted by molar-refractivity contribution is 5.96. The number of rotatable bonds is 3. The Morgan fingerprint density at radius 3 is 2.83 bits per heavy atom. The molecule has 0 atom stereocenters. The van der Waals surface area contributed by atoms with Crippen molar-refractivity contribution in [3.63, 3.8) is 0 Å². The molecular formula is C13H15N3O2. The number of carbonyl (C=O) groups is 2. The summed E-state index contributed by atoms with van der Waals surface area (Å²) in [5.41, 5.74) is 6.45. The molecule has 1 rings (SSSR count). The Labute approximate surface area is 106 Å². The highest BCUT2D eigenvalue weighted by Gasteiger charge is 2.06. The number of likely N-dealkylation sites (N-methyl/N-ethyl adjacent to an activating group) is 1. The highest BCUT2D eigenvalue weighted by atomic mass is 16.2. The van der Waals surface area contributed by atoms with Crippen molar-refractivity contribution in [2.24, 2.45) is 5.73 Å². The maximum absolute atomic E-state index is 11.7. The summed E-state index contributed by atoms with van der Waals surface area (Å²) in [5, 5.41) is 4.93. The number of carbonyl (C=O) groups excluding carboxylic acids is 2. The van der Waals surface area contributed by atoms with Crippen molar-refractivity contribution in [3.05, 3.63) is 35.4 Å². The van der Waals surface area contributed by atoms with Gasteiger partial charge in [-0.1, -0.05) is 17.9 Å². The monoisotopic (exact) mass is 245 g/mol. The van der Waals surface area contributed by atoms with Crippen LogP contribution in [-0.4, -0.2) is 32.0 Å². The molecule has 4 N–H and O–H groups in total. The first-order valence-electron chi connectivity index (χ1n) is 5.45. The Hall–Kier alpha value is -2.32. The summed E-state index contributed by atoms with van der Waals surface area (Å²) in [6.07, 6.45) is 0. The molecule has 0 saturated carbocycles. The van der Waals surface area contributed by atoms with E-state index in [4.69, 9.17) is 5.73 Å². The van der Waals surface area contributed by atoms with Crippen molar-refractivity contribution in [1.82, 2.24) is 10.6 Å². The molecule has 1 aromatic rings. The lowest BCUT2D eigenvalue weighted by Crippen LogP contribution is -2.35. The van der Waals surface area contributed by atoms with E-state index in [2.05, 4.69) is 22.5 Å². The average molecular weight is 245 g/mol. The Bertz CT molecular complexity index is 500. The summed E-state index contributed by atoms with van der Waals surface area (Å²) < 4.78 is 0. The Morgan fingerprint density at radius 1 is 1.39 bits per heavy atom. The number of amides is 2. The van der Waals surface area contributed by atoms with Gasteiger partial charge in [0.05, 0.1) is 13.1 Å². The van der Waals surface area contributed by atoms with Gasteiger partial charge < -0.3 is 16.4 Å². The molecule has 0 fully saturated rings. The van der Waals surface area contributed by atoms with Crippen LogP contribution in [0.4, 0.5) is 0 Å². The maximum Gasteiger partial charge on any atom is 0.251 e. The van der Waals surface area contributed by atoms with Gasteiger partial charge in [-0.25, -0.2) is 0 Å². The van der Waals surface area contributed by atoms with Gasteiger partial charge in [0.2, 0.25) is 5.91 Å². The minimum Gasteiger partial charge on any atom is -0.358 e. The molecule has 0 aliphatic carbocycles. The molecule has 18 heavy (non-hydrogen) atoms. The van der Waals surface area contributed by atoms with Gasteiger partial charge in [0.15, 0.2) is 0 Å². The SMILES string of the molecule is CNC(=O)CNC(=O)c1cccc(C#CCN)c1. The molecule has 94 valence electrons. The normalized spacial score (nSPS) is 9.00. The van der Waals surface area contributed by atoms with Crippen LogP contribution in [0.3, 0.4) is 0 Å². The first kappa shape index (κ1) is 13.7. The first-order valence-corrected chi connectivity index (χ1v) is 5.45. The zero-order valence-electron chi connectivity index (χ0n) is 10.1. The fraction of sp³-hybridized carbons (Fsp3) is 0.231. The number of hydrogen-bond donors (Lipinski definition) is 3. The van der Waals surface area contributed by atoms with Crippen LogP contribution < -0.4 is 16.4 Å². The van der Waals surface area contributed by atoms with Crippen LogP contribution in [0.15, 0.2) is 24.3 Å². The number of hydrogen-bond acceptors (Lipinski definition) is 3. The van der Waals surface area contributed by atoms with E-state index in [0.29, 0.717) is 11.1 Å². The molecule has 0 saturated heterocycles. The lowest BCUT2D eigenvalue weighted by Gasteiger charge is -2.04. The number of nitrogens with one attached hydrogen (secondary N) is 2. The van der Waals surface area contributed by atoms with Gasteiger partial charge in [0, 0.05) is 18.2 Å². The third-order valence-corrected chi connectivity index (χ3v) is 2.15. The summed E-state index contributed by atoms with van der Waals surface area (Å²) >= 11 is 0. The van der Waals surface area contributed by atoms with Crippen LogP contribution in [0, 0.1) is 11.8 Å². The topological polar surface area (TPSA) is 84.2 Å². The minimum absolute atomic E-state index is 0.0476. The molecule has 5 nitrogen and oxygen atoms in total. The van der Waals surface area contributed by atoms with Crippen molar-refractivity contribution in [2.75, 3.05) is 20.1 Å². The lowest BCUT2D eigenvalue weighted by molar-refractivity contribution is -0.119. The van der Waals surface area contributed by atoms with Crippen molar-refractivity contribution < 1.29 is 9.59 Å². The van der Waals surface area contributed by atoms with Crippen LogP contribution >= 0.6 is 0 Å². The summed E-state index contributed by atoms with van der Waals surface area (Å²) in [6.45, 7) is 0.223. The van der Waals surface area contributed by atoms with Gasteiger partial charge in [-0.05, 0) is 18.2 Å². The van der Waals surface area contributed by atoms with Crippen molar-refractivity contribution in [2.45, 2.75) is 0 Å². The van der Waals surface area contributed by atoms with Gasteiger partial charge >= 0.3 is 0 Å². The van der Waals surface area contributed by atoms with E-state index in [0.717, 1.165) is 0 Å². The van der Waals surface area contributed by atoms with Crippen LogP contribution in [-0.2, 0) is 4.79 Å². The molecule has 0 unspecified atom stereocenters. The molecule has 0 bridgehead atoms. The third kappa shape index (κ3) is 4.28. The molecule has 2 amide bonds. The van der Waals surface area contributed by atoms with E-state index in [1.807, 2.05) is 0 Å². The molecule has 0 radical (unpaired) electrons. The standard InChI is InChI=1S/C13H15N3O2/c1-15-12(17)9-16-13(18)11-6-2-4-10(8-11)5-3-7-14/h2,4,6,8H,7,9,14H2,1H3,(H,15,17)(H,16,18). The van der Waals surface area contributed by atoms with Gasteiger partial charge in [-0.3, -0.25) is 9.59 Å². The summed E-state index contributed by atoms with van der Waals surface area (Å²) in [4.78, 5) is 22.7. The number of benzene rings is 1. The Morgan fingerprint density at radius 2 is 2.17 bits per heavy atom. The highest BCUT2D eigenvalue weighted by Crippen LogP contribution is 2.03. The van der Waals surface area contributed by atoms with E-state index < -0.39 is 0 Å². The summed E-state index contributed by atoms with van der Waals surface area (Å²) in [5.74, 6) is 5.00. The maximum atomic E-state index is 11.7. The van der Waals surface area contributed by atoms with Crippen molar-refractivity contribution in [1.29, 1.82) is 0 Å². The zero-order valence-corrected chi connectivity index (χ0v) is 10.1. The molecule has 0 spiro atoms. The van der Waals surface area contributed by atoms with Crippen LogP contribution in [0.1, 0.15) is 15.9 Å². The quantitative estimate of drug-likeness (QED) is 0.626. The molecule has 0 aromatic heterocycles. The van der Waals surface area contributed by atoms with E-state index in [9.17, 15) is 9.59 Å². The molecular weight excluding hydrogens is 230 g/mol. The molecule has 0 heterocycles. The number of nitrogens with two attached hydrogens (primary N) is 1. The fourth-order valence-electron chi connectivity index (χ4n) is 1.24. The van der Waals surface area contributed by atoms with Gasteiger partial charge in [-0.2, -0.15) is 0 Å². The predicted molar refractivity (Wildman–Crippen MR) is 68.8 cm³/mol. The van der Waals surface area contributed by atoms with Crippen LogP contribution in [0.2, 0.25) is 0 Å². The minimum atomic E-state index is -0.310. The second kappa shape index (κ2) is 7.09. The molecule has 0 aliphatic heterocycles. The fourth-order valence-corrected chi connectivity index (χ4v) is 1.24. The Balaban J connectivity index is 2.71. The molecule has 1 aromatic carbocycles. The van der Waals surface area contributed by atoms with Crippen molar-refractivity contribution >= 4 is 11.8 Å². The van der Waals surface area contributed by atoms with E-state index in [-0.39, 0.29) is 24.9 Å². The summed E-state index contributed by atoms with van der Waals surface area (Å²) in [6, 6.07) is 6.84. The largest absolute Gasteiger partial charge is 0.358 e. The third-order valence-electron chi connectivity index (χ3n) is 2.15. The van der Waals surface area contributed by atoms with Crippen molar-refractivity contribution in [3.8, 4) is 11.8 Å². The zero-order chi connectivity index (χ0) is 13.4. The molecule has 5 heteroatoms. The average Bonchev–Trinajstić information content (AvgIpc) is 2.42. The van der Waals surface area contributed by atoms with Gasteiger partial charge in [0.1, 0.15) is 0 Å². The predicted octanol–water partition coefficient (Wildman–Crippen LogP) is -0.527. The molecule has 0 aliphatic rings. The Kier molecular flexibility index (Phi) is 5.42. The van der Waals surface area contributed by atoms with Crippen LogP contribution in [0.25, 0.3) is 0 Å². The lowest BCUT2D eigenvalue weighted by atomic mass is 10.1. The van der Waals surface area contributed by atoms with E-state index >= 15 is 0 Å². The van der Waals surface area contributed by atoms with E-state index in [1.54, 1.807) is 24.3 Å². The van der Waals surface area contributed by atoms with E-state index in [1.165, 1.54) is 7.05 Å².